The molecule has 3 aromatic rings. The van der Waals surface area contributed by atoms with Crippen molar-refractivity contribution in [1.29, 1.82) is 0 Å². The molecule has 0 saturated carbocycles. The number of carbonyl (C=O) groups excluding carboxylic acids is 1. The lowest BCUT2D eigenvalue weighted by Crippen LogP contribution is -2.14. The van der Waals surface area contributed by atoms with Crippen LogP contribution in [0.25, 0.3) is 10.6 Å². The van der Waals surface area contributed by atoms with Gasteiger partial charge in [0.05, 0.1) is 11.9 Å². The monoisotopic (exact) mass is 310 g/mol. The maximum atomic E-state index is 12.2. The van der Waals surface area contributed by atoms with Gasteiger partial charge >= 0.3 is 0 Å². The summed E-state index contributed by atoms with van der Waals surface area (Å²) in [7, 11) is 0. The third-order valence-corrected chi connectivity index (χ3v) is 4.01. The summed E-state index contributed by atoms with van der Waals surface area (Å²) in [5, 5.41) is 5.77. The van der Waals surface area contributed by atoms with E-state index in [4.69, 9.17) is 0 Å². The fourth-order valence-electron chi connectivity index (χ4n) is 1.92. The maximum absolute atomic E-state index is 12.2. The third-order valence-electron chi connectivity index (χ3n) is 3.00. The predicted molar refractivity (Wildman–Crippen MR) is 87.0 cm³/mol. The van der Waals surface area contributed by atoms with Crippen LogP contribution in [0.2, 0.25) is 0 Å². The molecule has 0 saturated heterocycles. The Bertz CT molecular complexity index is 811. The summed E-state index contributed by atoms with van der Waals surface area (Å²) in [5.74, 6) is -0.278. The molecular weight excluding hydrogens is 296 g/mol. The standard InChI is InChI=1S/C16H14N4OS/c1-10-7-18-14(8-17-10)15(21)20-13-5-3-4-12(6-13)16-19-11(2)9-22-16/h3-9H,1-2H3,(H,20,21). The summed E-state index contributed by atoms with van der Waals surface area (Å²) in [6.07, 6.45) is 3.04. The number of hydrogen-bond acceptors (Lipinski definition) is 5. The van der Waals surface area contributed by atoms with Crippen LogP contribution in [0.1, 0.15) is 21.9 Å². The van der Waals surface area contributed by atoms with Crippen LogP contribution in [0.3, 0.4) is 0 Å². The Kier molecular flexibility index (Phi) is 3.93. The number of aromatic nitrogens is 3. The smallest absolute Gasteiger partial charge is 0.275 e. The zero-order valence-electron chi connectivity index (χ0n) is 12.2. The van der Waals surface area contributed by atoms with Gasteiger partial charge in [-0.3, -0.25) is 9.78 Å². The Labute approximate surface area is 132 Å². The minimum Gasteiger partial charge on any atom is -0.321 e. The van der Waals surface area contributed by atoms with Gasteiger partial charge < -0.3 is 5.32 Å². The second-order valence-electron chi connectivity index (χ2n) is 4.87. The highest BCUT2D eigenvalue weighted by atomic mass is 32.1. The van der Waals surface area contributed by atoms with Crippen LogP contribution in [0.4, 0.5) is 5.69 Å². The van der Waals surface area contributed by atoms with E-state index in [-0.39, 0.29) is 5.91 Å². The van der Waals surface area contributed by atoms with Crippen molar-refractivity contribution in [2.24, 2.45) is 0 Å². The predicted octanol–water partition coefficient (Wildman–Crippen LogP) is 3.47. The van der Waals surface area contributed by atoms with E-state index in [1.807, 2.05) is 43.5 Å². The molecular formula is C16H14N4OS. The van der Waals surface area contributed by atoms with Gasteiger partial charge in [-0.2, -0.15) is 0 Å². The number of anilines is 1. The van der Waals surface area contributed by atoms with Crippen molar-refractivity contribution in [3.8, 4) is 10.6 Å². The highest BCUT2D eigenvalue weighted by Gasteiger charge is 2.09. The maximum Gasteiger partial charge on any atom is 0.275 e. The van der Waals surface area contributed by atoms with Crippen LogP contribution in [0.5, 0.6) is 0 Å². The van der Waals surface area contributed by atoms with E-state index in [0.717, 1.165) is 22.0 Å². The largest absolute Gasteiger partial charge is 0.321 e. The van der Waals surface area contributed by atoms with Gasteiger partial charge in [0.2, 0.25) is 0 Å². The number of nitrogens with zero attached hydrogens (tertiary/aromatic N) is 3. The lowest BCUT2D eigenvalue weighted by molar-refractivity contribution is 0.102. The molecule has 1 N–H and O–H groups in total. The fourth-order valence-corrected chi connectivity index (χ4v) is 2.72. The number of benzene rings is 1. The molecule has 0 aliphatic heterocycles. The second kappa shape index (κ2) is 6.03. The third kappa shape index (κ3) is 3.17. The second-order valence-corrected chi connectivity index (χ2v) is 5.73. The van der Waals surface area contributed by atoms with Crippen LogP contribution in [0.15, 0.2) is 42.0 Å². The van der Waals surface area contributed by atoms with Crippen LogP contribution in [-0.4, -0.2) is 20.9 Å². The molecule has 3 rings (SSSR count). The van der Waals surface area contributed by atoms with Crippen molar-refractivity contribution in [2.45, 2.75) is 13.8 Å². The van der Waals surface area contributed by atoms with Crippen molar-refractivity contribution in [1.82, 2.24) is 15.0 Å². The van der Waals surface area contributed by atoms with Gasteiger partial charge in [0, 0.05) is 28.5 Å². The molecule has 1 amide bonds. The van der Waals surface area contributed by atoms with Gasteiger partial charge in [-0.05, 0) is 26.0 Å². The first-order valence-corrected chi connectivity index (χ1v) is 7.62. The molecule has 0 unspecified atom stereocenters. The minimum atomic E-state index is -0.278. The highest BCUT2D eigenvalue weighted by molar-refractivity contribution is 7.13. The van der Waals surface area contributed by atoms with E-state index < -0.39 is 0 Å². The van der Waals surface area contributed by atoms with Crippen molar-refractivity contribution in [2.75, 3.05) is 5.32 Å². The molecule has 5 nitrogen and oxygen atoms in total. The Morgan fingerprint density at radius 3 is 2.68 bits per heavy atom. The van der Waals surface area contributed by atoms with Crippen LogP contribution >= 0.6 is 11.3 Å². The summed E-state index contributed by atoms with van der Waals surface area (Å²) in [5.41, 5.74) is 3.74. The molecule has 0 radical (unpaired) electrons. The van der Waals surface area contributed by atoms with Crippen molar-refractivity contribution in [3.05, 3.63) is 59.1 Å². The average molecular weight is 310 g/mol. The Morgan fingerprint density at radius 2 is 2.00 bits per heavy atom. The fraction of sp³-hybridized carbons (Fsp3) is 0.125. The van der Waals surface area contributed by atoms with Gasteiger partial charge in [0.15, 0.2) is 0 Å². The number of amides is 1. The summed E-state index contributed by atoms with van der Waals surface area (Å²) >= 11 is 1.58. The van der Waals surface area contributed by atoms with Crippen LogP contribution < -0.4 is 5.32 Å². The minimum absolute atomic E-state index is 0.278. The van der Waals surface area contributed by atoms with E-state index in [9.17, 15) is 4.79 Å². The van der Waals surface area contributed by atoms with Crippen molar-refractivity contribution >= 4 is 22.9 Å². The number of rotatable bonds is 3. The quantitative estimate of drug-likeness (QED) is 0.804. The highest BCUT2D eigenvalue weighted by Crippen LogP contribution is 2.25. The molecule has 6 heteroatoms. The first-order chi connectivity index (χ1) is 10.6. The topological polar surface area (TPSA) is 67.8 Å². The Morgan fingerprint density at radius 1 is 1.14 bits per heavy atom. The van der Waals surface area contributed by atoms with E-state index in [0.29, 0.717) is 11.4 Å². The van der Waals surface area contributed by atoms with E-state index in [2.05, 4.69) is 20.3 Å². The van der Waals surface area contributed by atoms with E-state index in [1.54, 1.807) is 17.5 Å². The molecule has 0 fully saturated rings. The lowest BCUT2D eigenvalue weighted by Gasteiger charge is -2.06. The van der Waals surface area contributed by atoms with Crippen molar-refractivity contribution < 1.29 is 4.79 Å². The Balaban J connectivity index is 1.81. The normalized spacial score (nSPS) is 10.5. The average Bonchev–Trinajstić information content (AvgIpc) is 2.95. The first kappa shape index (κ1) is 14.3. The molecule has 2 aromatic heterocycles. The van der Waals surface area contributed by atoms with Gasteiger partial charge in [-0.1, -0.05) is 12.1 Å². The van der Waals surface area contributed by atoms with Crippen molar-refractivity contribution in [3.63, 3.8) is 0 Å². The summed E-state index contributed by atoms with van der Waals surface area (Å²) in [6, 6.07) is 7.60. The molecule has 22 heavy (non-hydrogen) atoms. The molecule has 0 aliphatic rings. The number of hydrogen-bond donors (Lipinski definition) is 1. The molecule has 0 atom stereocenters. The number of carbonyl (C=O) groups is 1. The zero-order valence-corrected chi connectivity index (χ0v) is 13.0. The van der Waals surface area contributed by atoms with Gasteiger partial charge in [-0.15, -0.1) is 11.3 Å². The summed E-state index contributed by atoms with van der Waals surface area (Å²) in [4.78, 5) is 24.8. The first-order valence-electron chi connectivity index (χ1n) is 6.74. The van der Waals surface area contributed by atoms with Crippen LogP contribution in [0, 0.1) is 13.8 Å². The van der Waals surface area contributed by atoms with Gasteiger partial charge in [-0.25, -0.2) is 9.97 Å². The number of aryl methyl sites for hydroxylation is 2. The molecule has 0 aliphatic carbocycles. The zero-order chi connectivity index (χ0) is 15.5. The summed E-state index contributed by atoms with van der Waals surface area (Å²) < 4.78 is 0. The summed E-state index contributed by atoms with van der Waals surface area (Å²) in [6.45, 7) is 3.79. The lowest BCUT2D eigenvalue weighted by atomic mass is 10.2. The van der Waals surface area contributed by atoms with Crippen LogP contribution in [-0.2, 0) is 0 Å². The Hall–Kier alpha value is -2.60. The van der Waals surface area contributed by atoms with Gasteiger partial charge in [0.1, 0.15) is 10.7 Å². The molecule has 0 spiro atoms. The molecule has 0 bridgehead atoms. The number of thiazole rings is 1. The van der Waals surface area contributed by atoms with E-state index in [1.165, 1.54) is 6.20 Å². The van der Waals surface area contributed by atoms with E-state index >= 15 is 0 Å². The molecule has 1 aromatic carbocycles. The van der Waals surface area contributed by atoms with Gasteiger partial charge in [0.25, 0.3) is 5.91 Å². The molecule has 110 valence electrons. The number of nitrogens with one attached hydrogen (secondary N) is 1. The SMILES string of the molecule is Cc1cnc(C(=O)Nc2cccc(-c3nc(C)cs3)c2)cn1. The molecule has 2 heterocycles.